The zero-order valence-corrected chi connectivity index (χ0v) is 8.87. The van der Waals surface area contributed by atoms with Gasteiger partial charge in [0.1, 0.15) is 11.5 Å². The summed E-state index contributed by atoms with van der Waals surface area (Å²) >= 11 is 0. The van der Waals surface area contributed by atoms with Gasteiger partial charge in [0.15, 0.2) is 0 Å². The van der Waals surface area contributed by atoms with Crippen LogP contribution in [0.15, 0.2) is 30.8 Å². The Morgan fingerprint density at radius 3 is 1.79 bits per heavy atom. The first-order valence-electron chi connectivity index (χ1n) is 4.35. The second-order valence-electron chi connectivity index (χ2n) is 3.24. The topological polar surface area (TPSA) is 37.3 Å². The molecule has 0 heterocycles. The molecule has 1 aromatic rings. The lowest BCUT2D eigenvalue weighted by Gasteiger charge is -1.97. The van der Waals surface area contributed by atoms with Gasteiger partial charge in [0.25, 0.3) is 0 Å². The maximum Gasteiger partial charge on any atom is 0.126 e. The third kappa shape index (κ3) is 6.00. The molecule has 0 saturated heterocycles. The molecule has 0 radical (unpaired) electrons. The van der Waals surface area contributed by atoms with E-state index in [0.29, 0.717) is 5.75 Å². The van der Waals surface area contributed by atoms with Crippen LogP contribution in [0.25, 0.3) is 5.57 Å². The molecule has 2 heteroatoms. The highest BCUT2D eigenvalue weighted by atomic mass is 16.3. The normalized spacial score (nSPS) is 8.50. The van der Waals surface area contributed by atoms with Crippen molar-refractivity contribution in [1.82, 2.24) is 0 Å². The molecular formula is C12H16O2. The number of benzene rings is 1. The number of Topliss-reactive ketones (excluding diaryl/α,β-unsaturated/α-hetero) is 1. The fourth-order valence-corrected chi connectivity index (χ4v) is 0.746. The number of allylic oxidation sites excluding steroid dienone is 1. The fourth-order valence-electron chi connectivity index (χ4n) is 0.746. The number of hydrogen-bond acceptors (Lipinski definition) is 2. The van der Waals surface area contributed by atoms with E-state index in [4.69, 9.17) is 5.11 Å². The van der Waals surface area contributed by atoms with E-state index in [9.17, 15) is 4.79 Å². The molecule has 0 amide bonds. The second-order valence-corrected chi connectivity index (χ2v) is 3.24. The molecule has 0 aliphatic heterocycles. The third-order valence-corrected chi connectivity index (χ3v) is 1.36. The Morgan fingerprint density at radius 1 is 1.14 bits per heavy atom. The molecule has 0 atom stereocenters. The number of aromatic hydroxyl groups is 1. The van der Waals surface area contributed by atoms with Gasteiger partial charge in [-0.15, -0.1) is 0 Å². The number of hydrogen-bond donors (Lipinski definition) is 1. The van der Waals surface area contributed by atoms with Crippen molar-refractivity contribution in [1.29, 1.82) is 0 Å². The van der Waals surface area contributed by atoms with Crippen LogP contribution in [0.2, 0.25) is 0 Å². The summed E-state index contributed by atoms with van der Waals surface area (Å²) < 4.78 is 0. The molecule has 1 aromatic carbocycles. The first kappa shape index (κ1) is 12.4. The standard InChI is InChI=1S/C9H10O.C3H6O/c1-7(2)8-3-5-9(10)6-4-8;1-3(2)4/h3-6,10H,1H2,2H3;1-2H3. The Morgan fingerprint density at radius 2 is 1.50 bits per heavy atom. The minimum absolute atomic E-state index is 0.167. The minimum atomic E-state index is 0.167. The van der Waals surface area contributed by atoms with Crippen LogP contribution in [0.1, 0.15) is 26.3 Å². The number of ketones is 1. The summed E-state index contributed by atoms with van der Waals surface area (Å²) in [5, 5.41) is 8.91. The highest BCUT2D eigenvalue weighted by Crippen LogP contribution is 2.14. The minimum Gasteiger partial charge on any atom is -0.508 e. The van der Waals surface area contributed by atoms with Gasteiger partial charge in [-0.2, -0.15) is 0 Å². The summed E-state index contributed by atoms with van der Waals surface area (Å²) in [6, 6.07) is 7.00. The number of carbonyl (C=O) groups excluding carboxylic acids is 1. The lowest BCUT2D eigenvalue weighted by atomic mass is 10.1. The van der Waals surface area contributed by atoms with E-state index in [1.165, 1.54) is 13.8 Å². The van der Waals surface area contributed by atoms with Gasteiger partial charge < -0.3 is 9.90 Å². The molecular weight excluding hydrogens is 176 g/mol. The smallest absolute Gasteiger partial charge is 0.126 e. The fraction of sp³-hybridized carbons (Fsp3) is 0.250. The van der Waals surface area contributed by atoms with Crippen molar-refractivity contribution in [3.63, 3.8) is 0 Å². The van der Waals surface area contributed by atoms with Crippen LogP contribution in [-0.2, 0) is 4.79 Å². The summed E-state index contributed by atoms with van der Waals surface area (Å²) in [5.74, 6) is 0.463. The second kappa shape index (κ2) is 5.97. The Bertz CT molecular complexity index is 306. The van der Waals surface area contributed by atoms with E-state index in [2.05, 4.69) is 6.58 Å². The van der Waals surface area contributed by atoms with Gasteiger partial charge in [-0.25, -0.2) is 0 Å². The first-order valence-corrected chi connectivity index (χ1v) is 4.35. The average Bonchev–Trinajstić information content (AvgIpc) is 2.03. The van der Waals surface area contributed by atoms with Gasteiger partial charge in [-0.1, -0.05) is 24.3 Å². The van der Waals surface area contributed by atoms with Gasteiger partial charge in [0.05, 0.1) is 0 Å². The van der Waals surface area contributed by atoms with Crippen LogP contribution in [0.5, 0.6) is 5.75 Å². The Hall–Kier alpha value is -1.57. The maximum atomic E-state index is 9.44. The van der Waals surface area contributed by atoms with E-state index >= 15 is 0 Å². The average molecular weight is 192 g/mol. The monoisotopic (exact) mass is 192 g/mol. The Kier molecular flexibility index (Phi) is 5.30. The molecule has 0 aromatic heterocycles. The third-order valence-electron chi connectivity index (χ3n) is 1.36. The summed E-state index contributed by atoms with van der Waals surface area (Å²) in [7, 11) is 0. The van der Waals surface area contributed by atoms with Crippen molar-refractivity contribution < 1.29 is 9.90 Å². The molecule has 0 fully saturated rings. The lowest BCUT2D eigenvalue weighted by Crippen LogP contribution is -1.74. The van der Waals surface area contributed by atoms with E-state index in [-0.39, 0.29) is 5.78 Å². The highest BCUT2D eigenvalue weighted by molar-refractivity contribution is 5.72. The van der Waals surface area contributed by atoms with Crippen molar-refractivity contribution in [2.45, 2.75) is 20.8 Å². The van der Waals surface area contributed by atoms with Crippen molar-refractivity contribution in [2.24, 2.45) is 0 Å². The van der Waals surface area contributed by atoms with Crippen LogP contribution >= 0.6 is 0 Å². The molecule has 0 spiro atoms. The molecule has 0 saturated carbocycles. The zero-order valence-electron chi connectivity index (χ0n) is 8.87. The van der Waals surface area contributed by atoms with Crippen LogP contribution in [0.3, 0.4) is 0 Å². The predicted octanol–water partition coefficient (Wildman–Crippen LogP) is 3.02. The molecule has 1 rings (SSSR count). The quantitative estimate of drug-likeness (QED) is 0.742. The van der Waals surface area contributed by atoms with E-state index in [1.807, 2.05) is 19.1 Å². The SMILES string of the molecule is C=C(C)c1ccc(O)cc1.CC(C)=O. The number of phenols is 1. The molecule has 0 bridgehead atoms. The van der Waals surface area contributed by atoms with E-state index in [1.54, 1.807) is 12.1 Å². The molecule has 0 aliphatic rings. The van der Waals surface area contributed by atoms with E-state index < -0.39 is 0 Å². The predicted molar refractivity (Wildman–Crippen MR) is 59.2 cm³/mol. The van der Waals surface area contributed by atoms with Crippen molar-refractivity contribution in [3.8, 4) is 5.75 Å². The summed E-state index contributed by atoms with van der Waals surface area (Å²) in [6.07, 6.45) is 0. The van der Waals surface area contributed by atoms with Crippen molar-refractivity contribution in [2.75, 3.05) is 0 Å². The van der Waals surface area contributed by atoms with Gasteiger partial charge in [0, 0.05) is 0 Å². The van der Waals surface area contributed by atoms with Crippen LogP contribution in [0, 0.1) is 0 Å². The molecule has 76 valence electrons. The molecule has 0 aliphatic carbocycles. The van der Waals surface area contributed by atoms with Gasteiger partial charge in [-0.3, -0.25) is 0 Å². The number of rotatable bonds is 1. The lowest BCUT2D eigenvalue weighted by molar-refractivity contribution is -0.114. The summed E-state index contributed by atoms with van der Waals surface area (Å²) in [5.41, 5.74) is 2.08. The Labute approximate surface area is 84.9 Å². The maximum absolute atomic E-state index is 9.44. The van der Waals surface area contributed by atoms with Gasteiger partial charge in [0.2, 0.25) is 0 Å². The van der Waals surface area contributed by atoms with Crippen LogP contribution < -0.4 is 0 Å². The Balaban J connectivity index is 0.000000364. The van der Waals surface area contributed by atoms with Crippen LogP contribution in [0.4, 0.5) is 0 Å². The van der Waals surface area contributed by atoms with Gasteiger partial charge in [-0.05, 0) is 38.5 Å². The molecule has 2 nitrogen and oxygen atoms in total. The number of carbonyl (C=O) groups is 1. The highest BCUT2D eigenvalue weighted by Gasteiger charge is 1.90. The van der Waals surface area contributed by atoms with E-state index in [0.717, 1.165) is 11.1 Å². The van der Waals surface area contributed by atoms with Crippen LogP contribution in [-0.4, -0.2) is 10.9 Å². The first-order chi connectivity index (χ1) is 6.43. The van der Waals surface area contributed by atoms with Crippen molar-refractivity contribution >= 4 is 11.4 Å². The molecule has 14 heavy (non-hydrogen) atoms. The summed E-state index contributed by atoms with van der Waals surface area (Å²) in [4.78, 5) is 9.44. The summed E-state index contributed by atoms with van der Waals surface area (Å²) in [6.45, 7) is 8.77. The largest absolute Gasteiger partial charge is 0.508 e. The van der Waals surface area contributed by atoms with Gasteiger partial charge >= 0.3 is 0 Å². The molecule has 1 N–H and O–H groups in total. The number of phenolic OH excluding ortho intramolecular Hbond substituents is 1. The molecule has 0 unspecified atom stereocenters. The zero-order chi connectivity index (χ0) is 11.1. The van der Waals surface area contributed by atoms with Crippen molar-refractivity contribution in [3.05, 3.63) is 36.4 Å².